The summed E-state index contributed by atoms with van der Waals surface area (Å²) >= 11 is 0. The molecule has 2 aliphatic rings. The van der Waals surface area contributed by atoms with Gasteiger partial charge in [-0.1, -0.05) is 57.0 Å². The zero-order valence-electron chi connectivity index (χ0n) is 24.6. The van der Waals surface area contributed by atoms with E-state index in [9.17, 15) is 4.79 Å². The normalized spacial score (nSPS) is 21.1. The fraction of sp³-hybridized carbons (Fsp3) is 0.484. The summed E-state index contributed by atoms with van der Waals surface area (Å²) in [7, 11) is 0. The molecule has 10 nitrogen and oxygen atoms in total. The van der Waals surface area contributed by atoms with E-state index in [2.05, 4.69) is 69.5 Å². The zero-order chi connectivity index (χ0) is 28.9. The number of nitrogens with one attached hydrogen (secondary N) is 2. The van der Waals surface area contributed by atoms with E-state index >= 15 is 0 Å². The molecule has 10 heteroatoms. The Bertz CT molecular complexity index is 1650. The van der Waals surface area contributed by atoms with E-state index in [1.807, 2.05) is 43.9 Å². The highest BCUT2D eigenvalue weighted by Crippen LogP contribution is 2.39. The predicted molar refractivity (Wildman–Crippen MR) is 157 cm³/mol. The standard InChI is InChI=1S/C31H38N8O2/c1-17(2)39-18(3)23(16-33-39)26-35-25-22(13-14-32-27(25)36-26)20-11-12-21-19(15-20)9-7-8-10-24(21)34-28(40)29-37-30(38-41-29)31(4,5)6/h11-17,19,21,24H,7-10H2,1-6H3,(H,34,40)(H,32,35,36)/t19?,21?,24-/m1/s1. The van der Waals surface area contributed by atoms with Crippen LogP contribution in [0, 0.1) is 18.8 Å². The van der Waals surface area contributed by atoms with Gasteiger partial charge in [0.25, 0.3) is 0 Å². The van der Waals surface area contributed by atoms with Gasteiger partial charge in [-0.2, -0.15) is 10.1 Å². The van der Waals surface area contributed by atoms with Gasteiger partial charge in [0.2, 0.25) is 0 Å². The van der Waals surface area contributed by atoms with Gasteiger partial charge in [-0.25, -0.2) is 9.97 Å². The van der Waals surface area contributed by atoms with E-state index < -0.39 is 0 Å². The van der Waals surface area contributed by atoms with Gasteiger partial charge in [0.15, 0.2) is 11.5 Å². The summed E-state index contributed by atoms with van der Waals surface area (Å²) in [5, 5.41) is 11.8. The minimum absolute atomic E-state index is 0.00859. The lowest BCUT2D eigenvalue weighted by atomic mass is 9.79. The van der Waals surface area contributed by atoms with Crippen LogP contribution in [0.15, 0.2) is 41.2 Å². The number of amides is 1. The smallest absolute Gasteiger partial charge is 0.315 e. The molecule has 0 saturated heterocycles. The minimum atomic E-state index is -0.307. The van der Waals surface area contributed by atoms with Gasteiger partial charge in [-0.05, 0) is 51.2 Å². The summed E-state index contributed by atoms with van der Waals surface area (Å²) < 4.78 is 7.31. The molecule has 4 aromatic heterocycles. The molecule has 214 valence electrons. The third-order valence-electron chi connectivity index (χ3n) is 8.25. The van der Waals surface area contributed by atoms with Gasteiger partial charge >= 0.3 is 11.8 Å². The number of H-pyrrole nitrogens is 1. The third kappa shape index (κ3) is 5.11. The Balaban J connectivity index is 1.26. The first-order valence-corrected chi connectivity index (χ1v) is 14.5. The van der Waals surface area contributed by atoms with Crippen molar-refractivity contribution >= 4 is 22.6 Å². The minimum Gasteiger partial charge on any atom is -0.344 e. The molecule has 6 rings (SSSR count). The molecule has 2 aliphatic carbocycles. The van der Waals surface area contributed by atoms with Crippen LogP contribution in [0.4, 0.5) is 0 Å². The number of hydrogen-bond acceptors (Lipinski definition) is 7. The number of rotatable bonds is 5. The molecular formula is C31H38N8O2. The number of imidazole rings is 1. The Morgan fingerprint density at radius 1 is 1.17 bits per heavy atom. The molecule has 0 radical (unpaired) electrons. The number of fused-ring (bicyclic) bond motifs is 2. The van der Waals surface area contributed by atoms with Gasteiger partial charge in [0.1, 0.15) is 5.82 Å². The lowest BCUT2D eigenvalue weighted by Crippen LogP contribution is -2.42. The Kier molecular flexibility index (Phi) is 6.87. The summed E-state index contributed by atoms with van der Waals surface area (Å²) in [6.45, 7) is 12.3. The molecule has 4 aromatic rings. The number of nitrogens with zero attached hydrogens (tertiary/aromatic N) is 6. The molecular weight excluding hydrogens is 516 g/mol. The lowest BCUT2D eigenvalue weighted by Gasteiger charge is -2.31. The van der Waals surface area contributed by atoms with Crippen LogP contribution in [0.5, 0.6) is 0 Å². The first-order valence-electron chi connectivity index (χ1n) is 14.5. The number of hydrogen-bond donors (Lipinski definition) is 2. The number of aromatic amines is 1. The van der Waals surface area contributed by atoms with Crippen LogP contribution in [0.2, 0.25) is 0 Å². The van der Waals surface area contributed by atoms with E-state index in [0.717, 1.165) is 59.4 Å². The van der Waals surface area contributed by atoms with Crippen molar-refractivity contribution in [3.8, 4) is 11.4 Å². The largest absolute Gasteiger partial charge is 0.344 e. The van der Waals surface area contributed by atoms with Crippen molar-refractivity contribution in [2.45, 2.75) is 84.7 Å². The topological polar surface area (TPSA) is 127 Å². The van der Waals surface area contributed by atoms with Crippen LogP contribution in [0.1, 0.15) is 94.1 Å². The maximum atomic E-state index is 13.1. The fourth-order valence-corrected chi connectivity index (χ4v) is 6.05. The number of carbonyl (C=O) groups excluding carboxylic acids is 1. The molecule has 1 saturated carbocycles. The van der Waals surface area contributed by atoms with E-state index in [4.69, 9.17) is 9.51 Å². The molecule has 0 bridgehead atoms. The SMILES string of the molecule is Cc1c(-c2nc3nccc(C4=CC5CCCC[C@@H](NC(=O)c6nc(C(C)(C)C)no6)C5C=C4)c3[nH]2)cnn1C(C)C. The first-order chi connectivity index (χ1) is 19.6. The number of carbonyl (C=O) groups is 1. The first kappa shape index (κ1) is 27.1. The summed E-state index contributed by atoms with van der Waals surface area (Å²) in [4.78, 5) is 30.3. The monoisotopic (exact) mass is 554 g/mol. The van der Waals surface area contributed by atoms with Crippen molar-refractivity contribution < 1.29 is 9.32 Å². The lowest BCUT2D eigenvalue weighted by molar-refractivity contribution is 0.0877. The van der Waals surface area contributed by atoms with Crippen molar-refractivity contribution in [1.82, 2.24) is 40.2 Å². The molecule has 41 heavy (non-hydrogen) atoms. The highest BCUT2D eigenvalue weighted by atomic mass is 16.5. The van der Waals surface area contributed by atoms with Crippen molar-refractivity contribution in [2.75, 3.05) is 0 Å². The molecule has 1 fully saturated rings. The molecule has 4 heterocycles. The molecule has 2 N–H and O–H groups in total. The van der Waals surface area contributed by atoms with Gasteiger partial charge in [-0.3, -0.25) is 9.48 Å². The van der Waals surface area contributed by atoms with Crippen molar-refractivity contribution in [1.29, 1.82) is 0 Å². The van der Waals surface area contributed by atoms with E-state index in [1.54, 1.807) is 0 Å². The Labute approximate surface area is 239 Å². The zero-order valence-corrected chi connectivity index (χ0v) is 24.6. The average Bonchev–Trinajstić information content (AvgIpc) is 3.65. The number of pyridine rings is 1. The van der Waals surface area contributed by atoms with Gasteiger partial charge in [-0.15, -0.1) is 0 Å². The highest BCUT2D eigenvalue weighted by Gasteiger charge is 2.34. The van der Waals surface area contributed by atoms with Crippen LogP contribution in [0.3, 0.4) is 0 Å². The van der Waals surface area contributed by atoms with Crippen molar-refractivity contribution in [2.24, 2.45) is 11.8 Å². The second-order valence-corrected chi connectivity index (χ2v) is 12.6. The van der Waals surface area contributed by atoms with Crippen LogP contribution in [0.25, 0.3) is 28.1 Å². The molecule has 2 unspecified atom stereocenters. The van der Waals surface area contributed by atoms with Gasteiger partial charge in [0.05, 0.1) is 17.3 Å². The Morgan fingerprint density at radius 2 is 1.98 bits per heavy atom. The van der Waals surface area contributed by atoms with Crippen LogP contribution in [-0.4, -0.2) is 46.8 Å². The van der Waals surface area contributed by atoms with Crippen molar-refractivity contribution in [3.63, 3.8) is 0 Å². The molecule has 0 spiro atoms. The van der Waals surface area contributed by atoms with Gasteiger partial charge < -0.3 is 14.8 Å². The third-order valence-corrected chi connectivity index (χ3v) is 8.25. The fourth-order valence-electron chi connectivity index (χ4n) is 6.05. The Morgan fingerprint density at radius 3 is 2.71 bits per heavy atom. The second kappa shape index (κ2) is 10.4. The van der Waals surface area contributed by atoms with Crippen molar-refractivity contribution in [3.05, 3.63) is 59.7 Å². The molecule has 1 amide bonds. The maximum absolute atomic E-state index is 13.1. The summed E-state index contributed by atoms with van der Waals surface area (Å²) in [6, 6.07) is 2.31. The van der Waals surface area contributed by atoms with E-state index in [1.165, 1.54) is 0 Å². The van der Waals surface area contributed by atoms with E-state index in [0.29, 0.717) is 17.4 Å². The number of aromatic nitrogens is 7. The number of allylic oxidation sites excluding steroid dienone is 3. The summed E-state index contributed by atoms with van der Waals surface area (Å²) in [6.07, 6.45) is 14.6. The summed E-state index contributed by atoms with van der Waals surface area (Å²) in [5.74, 6) is 1.51. The Hall–Kier alpha value is -4.08. The van der Waals surface area contributed by atoms with Crippen LogP contribution >= 0.6 is 0 Å². The second-order valence-electron chi connectivity index (χ2n) is 12.6. The summed E-state index contributed by atoms with van der Waals surface area (Å²) in [5.41, 5.74) is 5.58. The van der Waals surface area contributed by atoms with Gasteiger partial charge in [0, 0.05) is 40.9 Å². The van der Waals surface area contributed by atoms with Crippen LogP contribution < -0.4 is 5.32 Å². The molecule has 0 aliphatic heterocycles. The predicted octanol–water partition coefficient (Wildman–Crippen LogP) is 5.95. The van der Waals surface area contributed by atoms with E-state index in [-0.39, 0.29) is 35.2 Å². The van der Waals surface area contributed by atoms with Crippen LogP contribution in [-0.2, 0) is 5.41 Å². The molecule has 0 aromatic carbocycles. The molecule has 3 atom stereocenters. The maximum Gasteiger partial charge on any atom is 0.315 e. The average molecular weight is 555 g/mol. The quantitative estimate of drug-likeness (QED) is 0.312. The highest BCUT2D eigenvalue weighted by molar-refractivity contribution is 5.92.